The van der Waals surface area contributed by atoms with E-state index in [9.17, 15) is 0 Å². The van der Waals surface area contributed by atoms with Crippen LogP contribution < -0.4 is 0 Å². The van der Waals surface area contributed by atoms with Gasteiger partial charge in [0.1, 0.15) is 0 Å². The van der Waals surface area contributed by atoms with Crippen LogP contribution in [0.5, 0.6) is 0 Å². The highest BCUT2D eigenvalue weighted by Gasteiger charge is 1.99. The van der Waals surface area contributed by atoms with Crippen molar-refractivity contribution in [3.05, 3.63) is 46.1 Å². The first-order valence-electron chi connectivity index (χ1n) is 4.02. The lowest BCUT2D eigenvalue weighted by molar-refractivity contribution is 1.04. The molecule has 0 radical (unpaired) electrons. The second-order valence-corrected chi connectivity index (χ2v) is 4.15. The zero-order valence-electron chi connectivity index (χ0n) is 7.24. The Kier molecular flexibility index (Phi) is 2.35. The second kappa shape index (κ2) is 3.49. The minimum Gasteiger partial charge on any atom is -0.306 e. The van der Waals surface area contributed by atoms with E-state index in [1.165, 1.54) is 14.8 Å². The number of hydrogen-bond acceptors (Lipinski definition) is 1. The molecule has 2 nitrogen and oxygen atoms in total. The van der Waals surface area contributed by atoms with Crippen molar-refractivity contribution >= 4 is 22.6 Å². The first-order valence-corrected chi connectivity index (χ1v) is 5.10. The summed E-state index contributed by atoms with van der Waals surface area (Å²) in [5, 5.41) is 0. The summed E-state index contributed by atoms with van der Waals surface area (Å²) in [6.45, 7) is 2.11. The van der Waals surface area contributed by atoms with Gasteiger partial charge in [-0.05, 0) is 53.3 Å². The van der Waals surface area contributed by atoms with Crippen LogP contribution in [0.25, 0.3) is 5.69 Å². The van der Waals surface area contributed by atoms with E-state index in [0.29, 0.717) is 0 Å². The smallest absolute Gasteiger partial charge is 0.0991 e. The monoisotopic (exact) mass is 284 g/mol. The van der Waals surface area contributed by atoms with Crippen molar-refractivity contribution in [2.24, 2.45) is 0 Å². The molecule has 2 aromatic rings. The zero-order valence-corrected chi connectivity index (χ0v) is 9.39. The van der Waals surface area contributed by atoms with E-state index in [2.05, 4.69) is 52.7 Å². The van der Waals surface area contributed by atoms with E-state index in [-0.39, 0.29) is 0 Å². The molecule has 0 saturated heterocycles. The predicted molar refractivity (Wildman–Crippen MR) is 61.0 cm³/mol. The molecule has 0 aliphatic carbocycles. The van der Waals surface area contributed by atoms with Crippen LogP contribution in [0.2, 0.25) is 0 Å². The summed E-state index contributed by atoms with van der Waals surface area (Å²) in [5.41, 5.74) is 2.46. The van der Waals surface area contributed by atoms with Crippen LogP contribution in [0.15, 0.2) is 36.9 Å². The fraction of sp³-hybridized carbons (Fsp3) is 0.100. The summed E-state index contributed by atoms with van der Waals surface area (Å²) in [6, 6.07) is 6.37. The lowest BCUT2D eigenvalue weighted by Crippen LogP contribution is -1.93. The summed E-state index contributed by atoms with van der Waals surface area (Å²) >= 11 is 2.32. The molecular weight excluding hydrogens is 275 g/mol. The van der Waals surface area contributed by atoms with Gasteiger partial charge in [0, 0.05) is 21.7 Å². The van der Waals surface area contributed by atoms with Crippen molar-refractivity contribution in [2.75, 3.05) is 0 Å². The summed E-state index contributed by atoms with van der Waals surface area (Å²) in [5.74, 6) is 0. The van der Waals surface area contributed by atoms with Gasteiger partial charge in [-0.1, -0.05) is 0 Å². The molecule has 0 aliphatic rings. The highest BCUT2D eigenvalue weighted by molar-refractivity contribution is 14.1. The average molecular weight is 284 g/mol. The number of rotatable bonds is 1. The van der Waals surface area contributed by atoms with Crippen LogP contribution in [-0.2, 0) is 0 Å². The van der Waals surface area contributed by atoms with Gasteiger partial charge >= 0.3 is 0 Å². The molecule has 0 atom stereocenters. The van der Waals surface area contributed by atoms with Gasteiger partial charge in [-0.3, -0.25) is 0 Å². The molecule has 0 amide bonds. The molecule has 13 heavy (non-hydrogen) atoms. The van der Waals surface area contributed by atoms with Gasteiger partial charge in [0.15, 0.2) is 0 Å². The molecule has 2 rings (SSSR count). The van der Waals surface area contributed by atoms with E-state index >= 15 is 0 Å². The molecule has 0 aliphatic heterocycles. The third-order valence-electron chi connectivity index (χ3n) is 1.94. The van der Waals surface area contributed by atoms with Crippen molar-refractivity contribution in [3.63, 3.8) is 0 Å². The SMILES string of the molecule is Cc1cc(I)ccc1-n1ccnc1. The molecule has 0 spiro atoms. The molecule has 0 N–H and O–H groups in total. The summed E-state index contributed by atoms with van der Waals surface area (Å²) in [4.78, 5) is 4.02. The zero-order chi connectivity index (χ0) is 9.26. The van der Waals surface area contributed by atoms with E-state index in [4.69, 9.17) is 0 Å². The van der Waals surface area contributed by atoms with Gasteiger partial charge in [-0.25, -0.2) is 4.98 Å². The number of nitrogens with zero attached hydrogens (tertiary/aromatic N) is 2. The molecule has 0 fully saturated rings. The maximum absolute atomic E-state index is 4.02. The van der Waals surface area contributed by atoms with Crippen molar-refractivity contribution in [3.8, 4) is 5.69 Å². The highest BCUT2D eigenvalue weighted by Crippen LogP contribution is 2.16. The summed E-state index contributed by atoms with van der Waals surface area (Å²) in [7, 11) is 0. The molecular formula is C10H9IN2. The fourth-order valence-electron chi connectivity index (χ4n) is 1.31. The molecule has 66 valence electrons. The first kappa shape index (κ1) is 8.74. The van der Waals surface area contributed by atoms with Gasteiger partial charge < -0.3 is 4.57 Å². The third-order valence-corrected chi connectivity index (χ3v) is 2.61. The van der Waals surface area contributed by atoms with Crippen LogP contribution in [0.4, 0.5) is 0 Å². The molecule has 1 heterocycles. The number of aromatic nitrogens is 2. The Hall–Kier alpha value is -0.840. The lowest BCUT2D eigenvalue weighted by Gasteiger charge is -2.06. The van der Waals surface area contributed by atoms with Crippen molar-refractivity contribution in [1.82, 2.24) is 9.55 Å². The first-order chi connectivity index (χ1) is 6.27. The van der Waals surface area contributed by atoms with Crippen LogP contribution >= 0.6 is 22.6 Å². The van der Waals surface area contributed by atoms with Crippen molar-refractivity contribution < 1.29 is 0 Å². The predicted octanol–water partition coefficient (Wildman–Crippen LogP) is 2.79. The second-order valence-electron chi connectivity index (χ2n) is 2.90. The van der Waals surface area contributed by atoms with Crippen LogP contribution in [0.1, 0.15) is 5.56 Å². The Morgan fingerprint density at radius 1 is 1.38 bits per heavy atom. The summed E-state index contributed by atoms with van der Waals surface area (Å²) in [6.07, 6.45) is 5.56. The highest BCUT2D eigenvalue weighted by atomic mass is 127. The molecule has 0 saturated carbocycles. The topological polar surface area (TPSA) is 17.8 Å². The lowest BCUT2D eigenvalue weighted by atomic mass is 10.2. The minimum atomic E-state index is 1.19. The number of aryl methyl sites for hydroxylation is 1. The Bertz CT molecular complexity index is 407. The fourth-order valence-corrected chi connectivity index (χ4v) is 1.96. The molecule has 1 aromatic carbocycles. The normalized spacial score (nSPS) is 10.3. The van der Waals surface area contributed by atoms with Gasteiger partial charge in [0.05, 0.1) is 6.33 Å². The average Bonchev–Trinajstić information content (AvgIpc) is 2.56. The van der Waals surface area contributed by atoms with Crippen molar-refractivity contribution in [2.45, 2.75) is 6.92 Å². The Labute approximate surface area is 90.8 Å². The largest absolute Gasteiger partial charge is 0.306 e. The summed E-state index contributed by atoms with van der Waals surface area (Å²) < 4.78 is 3.28. The quantitative estimate of drug-likeness (QED) is 0.736. The Morgan fingerprint density at radius 3 is 2.85 bits per heavy atom. The number of benzene rings is 1. The van der Waals surface area contributed by atoms with Gasteiger partial charge in [-0.15, -0.1) is 0 Å². The van der Waals surface area contributed by atoms with Gasteiger partial charge in [0.2, 0.25) is 0 Å². The number of imidazole rings is 1. The standard InChI is InChI=1S/C10H9IN2/c1-8-6-9(11)2-3-10(8)13-5-4-12-7-13/h2-7H,1H3. The Balaban J connectivity index is 2.53. The van der Waals surface area contributed by atoms with Gasteiger partial charge in [0.25, 0.3) is 0 Å². The molecule has 3 heteroatoms. The third kappa shape index (κ3) is 1.75. The van der Waals surface area contributed by atoms with Crippen LogP contribution in [0.3, 0.4) is 0 Å². The van der Waals surface area contributed by atoms with Crippen LogP contribution in [-0.4, -0.2) is 9.55 Å². The van der Waals surface area contributed by atoms with E-state index in [1.54, 1.807) is 6.20 Å². The number of halogens is 1. The van der Waals surface area contributed by atoms with Gasteiger partial charge in [-0.2, -0.15) is 0 Å². The minimum absolute atomic E-state index is 1.19. The Morgan fingerprint density at radius 2 is 2.23 bits per heavy atom. The maximum atomic E-state index is 4.02. The maximum Gasteiger partial charge on any atom is 0.0991 e. The molecule has 1 aromatic heterocycles. The van der Waals surface area contributed by atoms with Crippen LogP contribution in [0, 0.1) is 10.5 Å². The molecule has 0 unspecified atom stereocenters. The molecule has 0 bridgehead atoms. The van der Waals surface area contributed by atoms with E-state index in [1.807, 2.05) is 17.1 Å². The van der Waals surface area contributed by atoms with Crippen molar-refractivity contribution in [1.29, 1.82) is 0 Å². The van der Waals surface area contributed by atoms with E-state index in [0.717, 1.165) is 0 Å². The van der Waals surface area contributed by atoms with E-state index < -0.39 is 0 Å². The number of hydrogen-bond donors (Lipinski definition) is 0.